The summed E-state index contributed by atoms with van der Waals surface area (Å²) >= 11 is 0. The second-order valence-electron chi connectivity index (χ2n) is 4.46. The van der Waals surface area contributed by atoms with Crippen LogP contribution in [0.15, 0.2) is 60.0 Å². The molecule has 0 radical (unpaired) electrons. The molecule has 0 saturated carbocycles. The Hall–Kier alpha value is -2.18. The largest absolute Gasteiger partial charge is 0.480 e. The Morgan fingerprint density at radius 1 is 1.19 bits per heavy atom. The molecule has 0 atom stereocenters. The maximum absolute atomic E-state index is 12.7. The molecule has 0 bridgehead atoms. The topological polar surface area (TPSA) is 74.7 Å². The summed E-state index contributed by atoms with van der Waals surface area (Å²) in [5, 5.41) is 10.2. The summed E-state index contributed by atoms with van der Waals surface area (Å²) in [5.41, 5.74) is 0. The molecule has 2 aromatic carbocycles. The Morgan fingerprint density at radius 2 is 1.86 bits per heavy atom. The Bertz CT molecular complexity index is 778. The van der Waals surface area contributed by atoms with Crippen molar-refractivity contribution >= 4 is 26.8 Å². The van der Waals surface area contributed by atoms with Crippen molar-refractivity contribution in [1.82, 2.24) is 4.31 Å². The zero-order chi connectivity index (χ0) is 15.5. The third-order valence-electron chi connectivity index (χ3n) is 3.01. The fourth-order valence-corrected chi connectivity index (χ4v) is 3.68. The van der Waals surface area contributed by atoms with E-state index in [9.17, 15) is 13.2 Å². The second-order valence-corrected chi connectivity index (χ2v) is 6.36. The van der Waals surface area contributed by atoms with Gasteiger partial charge in [-0.05, 0) is 11.5 Å². The Labute approximate surface area is 123 Å². The minimum absolute atomic E-state index is 0.0577. The molecule has 0 aliphatic rings. The summed E-state index contributed by atoms with van der Waals surface area (Å²) in [7, 11) is -3.90. The van der Waals surface area contributed by atoms with Crippen LogP contribution >= 0.6 is 0 Å². The highest BCUT2D eigenvalue weighted by Crippen LogP contribution is 2.25. The van der Waals surface area contributed by atoms with Crippen molar-refractivity contribution in [3.8, 4) is 0 Å². The van der Waals surface area contributed by atoms with E-state index in [1.807, 2.05) is 18.2 Å². The third kappa shape index (κ3) is 3.12. The normalized spacial score (nSPS) is 11.7. The number of fused-ring (bicyclic) bond motifs is 1. The van der Waals surface area contributed by atoms with Gasteiger partial charge < -0.3 is 5.11 Å². The van der Waals surface area contributed by atoms with Gasteiger partial charge in [0.15, 0.2) is 0 Å². The summed E-state index contributed by atoms with van der Waals surface area (Å²) < 4.78 is 26.3. The lowest BCUT2D eigenvalue weighted by molar-refractivity contribution is -0.137. The van der Waals surface area contributed by atoms with Crippen LogP contribution in [0.4, 0.5) is 0 Å². The molecule has 2 rings (SSSR count). The predicted molar refractivity (Wildman–Crippen MR) is 80.5 cm³/mol. The first-order valence-electron chi connectivity index (χ1n) is 6.27. The molecule has 0 heterocycles. The molecule has 0 fully saturated rings. The number of hydrogen-bond acceptors (Lipinski definition) is 3. The number of nitrogens with zero attached hydrogens (tertiary/aromatic N) is 1. The summed E-state index contributed by atoms with van der Waals surface area (Å²) in [6.45, 7) is 2.82. The van der Waals surface area contributed by atoms with Gasteiger partial charge in [-0.2, -0.15) is 4.31 Å². The average molecular weight is 305 g/mol. The van der Waals surface area contributed by atoms with Gasteiger partial charge in [0.2, 0.25) is 10.0 Å². The van der Waals surface area contributed by atoms with E-state index in [1.54, 1.807) is 18.2 Å². The molecule has 1 N–H and O–H groups in total. The van der Waals surface area contributed by atoms with Gasteiger partial charge in [-0.3, -0.25) is 4.79 Å². The molecule has 2 aromatic rings. The van der Waals surface area contributed by atoms with E-state index in [0.29, 0.717) is 5.39 Å². The van der Waals surface area contributed by atoms with Crippen molar-refractivity contribution in [3.05, 3.63) is 55.1 Å². The maximum atomic E-state index is 12.7. The van der Waals surface area contributed by atoms with Gasteiger partial charge in [0.1, 0.15) is 6.54 Å². The first-order chi connectivity index (χ1) is 9.96. The van der Waals surface area contributed by atoms with Crippen molar-refractivity contribution in [1.29, 1.82) is 0 Å². The van der Waals surface area contributed by atoms with E-state index in [4.69, 9.17) is 5.11 Å². The maximum Gasteiger partial charge on any atom is 0.318 e. The number of carboxylic acid groups (broad SMARTS) is 1. The van der Waals surface area contributed by atoms with Gasteiger partial charge in [0.05, 0.1) is 4.90 Å². The molecule has 0 amide bonds. The summed E-state index contributed by atoms with van der Waals surface area (Å²) in [5.74, 6) is -1.21. The molecule has 0 saturated heterocycles. The molecule has 0 aliphatic heterocycles. The number of aliphatic carboxylic acids is 1. The lowest BCUT2D eigenvalue weighted by atomic mass is 10.1. The van der Waals surface area contributed by atoms with E-state index in [2.05, 4.69) is 6.58 Å². The van der Waals surface area contributed by atoms with Crippen LogP contribution < -0.4 is 0 Å². The lowest BCUT2D eigenvalue weighted by Crippen LogP contribution is -2.35. The summed E-state index contributed by atoms with van der Waals surface area (Å²) in [6, 6.07) is 12.0. The Balaban J connectivity index is 2.59. The van der Waals surface area contributed by atoms with Gasteiger partial charge in [0, 0.05) is 11.9 Å². The molecule has 0 aliphatic carbocycles. The molecule has 5 nitrogen and oxygen atoms in total. The molecule has 110 valence electrons. The van der Waals surface area contributed by atoms with E-state index < -0.39 is 22.5 Å². The number of carboxylic acids is 1. The SMILES string of the molecule is C=CCN(CC(=O)O)S(=O)(=O)c1cccc2ccccc12. The average Bonchev–Trinajstić information content (AvgIpc) is 2.45. The zero-order valence-electron chi connectivity index (χ0n) is 11.3. The number of benzene rings is 2. The van der Waals surface area contributed by atoms with Gasteiger partial charge >= 0.3 is 5.97 Å². The molecule has 0 aromatic heterocycles. The number of hydrogen-bond donors (Lipinski definition) is 1. The molecular weight excluding hydrogens is 290 g/mol. The number of rotatable bonds is 6. The first-order valence-corrected chi connectivity index (χ1v) is 7.71. The zero-order valence-corrected chi connectivity index (χ0v) is 12.1. The molecule has 21 heavy (non-hydrogen) atoms. The fraction of sp³-hybridized carbons (Fsp3) is 0.133. The minimum Gasteiger partial charge on any atom is -0.480 e. The van der Waals surface area contributed by atoms with E-state index in [0.717, 1.165) is 9.69 Å². The van der Waals surface area contributed by atoms with Crippen molar-refractivity contribution in [3.63, 3.8) is 0 Å². The van der Waals surface area contributed by atoms with Crippen LogP contribution in [0.3, 0.4) is 0 Å². The summed E-state index contributed by atoms with van der Waals surface area (Å²) in [4.78, 5) is 11.0. The van der Waals surface area contributed by atoms with Gasteiger partial charge in [0.25, 0.3) is 0 Å². The quantitative estimate of drug-likeness (QED) is 0.829. The number of sulfonamides is 1. The van der Waals surface area contributed by atoms with Crippen LogP contribution in [0.2, 0.25) is 0 Å². The highest BCUT2D eigenvalue weighted by molar-refractivity contribution is 7.89. The minimum atomic E-state index is -3.90. The highest BCUT2D eigenvalue weighted by Gasteiger charge is 2.27. The lowest BCUT2D eigenvalue weighted by Gasteiger charge is -2.19. The van der Waals surface area contributed by atoms with Gasteiger partial charge in [-0.15, -0.1) is 6.58 Å². The van der Waals surface area contributed by atoms with Crippen molar-refractivity contribution in [2.45, 2.75) is 4.90 Å². The van der Waals surface area contributed by atoms with Crippen molar-refractivity contribution < 1.29 is 18.3 Å². The molecule has 0 spiro atoms. The first kappa shape index (κ1) is 15.2. The number of carbonyl (C=O) groups is 1. The van der Waals surface area contributed by atoms with Crippen LogP contribution in [0.25, 0.3) is 10.8 Å². The van der Waals surface area contributed by atoms with Crippen LogP contribution in [0.5, 0.6) is 0 Å². The highest BCUT2D eigenvalue weighted by atomic mass is 32.2. The fourth-order valence-electron chi connectivity index (χ4n) is 2.10. The summed E-state index contributed by atoms with van der Waals surface area (Å²) in [6.07, 6.45) is 1.37. The van der Waals surface area contributed by atoms with Crippen molar-refractivity contribution in [2.24, 2.45) is 0 Å². The Morgan fingerprint density at radius 3 is 2.52 bits per heavy atom. The van der Waals surface area contributed by atoms with E-state index in [-0.39, 0.29) is 11.4 Å². The van der Waals surface area contributed by atoms with E-state index >= 15 is 0 Å². The molecule has 0 unspecified atom stereocenters. The van der Waals surface area contributed by atoms with Gasteiger partial charge in [-0.25, -0.2) is 8.42 Å². The second kappa shape index (κ2) is 6.07. The Kier molecular flexibility index (Phi) is 4.40. The van der Waals surface area contributed by atoms with E-state index in [1.165, 1.54) is 12.1 Å². The van der Waals surface area contributed by atoms with Crippen LogP contribution in [-0.2, 0) is 14.8 Å². The monoisotopic (exact) mass is 305 g/mol. The van der Waals surface area contributed by atoms with Crippen molar-refractivity contribution in [2.75, 3.05) is 13.1 Å². The third-order valence-corrected chi connectivity index (χ3v) is 4.88. The van der Waals surface area contributed by atoms with Gasteiger partial charge in [-0.1, -0.05) is 42.5 Å². The standard InChI is InChI=1S/C15H15NO4S/c1-2-10-16(11-15(17)18)21(19,20)14-9-5-7-12-6-3-4-8-13(12)14/h2-9H,1,10-11H2,(H,17,18). The molecular formula is C15H15NO4S. The predicted octanol–water partition coefficient (Wildman–Crippen LogP) is 2.10. The van der Waals surface area contributed by atoms with Crippen LogP contribution in [0, 0.1) is 0 Å². The smallest absolute Gasteiger partial charge is 0.318 e. The van der Waals surface area contributed by atoms with Crippen LogP contribution in [-0.4, -0.2) is 36.9 Å². The van der Waals surface area contributed by atoms with Crippen LogP contribution in [0.1, 0.15) is 0 Å². The molecule has 6 heteroatoms.